The van der Waals surface area contributed by atoms with Crippen molar-refractivity contribution in [3.05, 3.63) is 89.6 Å². The van der Waals surface area contributed by atoms with E-state index in [0.717, 1.165) is 23.9 Å². The second-order valence-electron chi connectivity index (χ2n) is 5.66. The molecule has 2 heterocycles. The van der Waals surface area contributed by atoms with Gasteiger partial charge in [-0.3, -0.25) is 9.78 Å². The highest BCUT2D eigenvalue weighted by molar-refractivity contribution is 5.93. The molecule has 0 radical (unpaired) electrons. The number of furan rings is 1. The number of alkyl halides is 3. The van der Waals surface area contributed by atoms with Crippen LogP contribution in [0.25, 0.3) is 0 Å². The van der Waals surface area contributed by atoms with E-state index in [-0.39, 0.29) is 12.1 Å². The summed E-state index contributed by atoms with van der Waals surface area (Å²) in [5.74, 6) is 0.153. The molecule has 3 rings (SSSR count). The fraction of sp³-hybridized carbons (Fsp3) is 0.158. The van der Waals surface area contributed by atoms with Crippen LogP contribution in [0.5, 0.6) is 0 Å². The van der Waals surface area contributed by atoms with Crippen LogP contribution in [-0.4, -0.2) is 15.8 Å². The van der Waals surface area contributed by atoms with Gasteiger partial charge in [0.2, 0.25) is 0 Å². The zero-order chi connectivity index (χ0) is 18.6. The van der Waals surface area contributed by atoms with Crippen LogP contribution in [0.15, 0.2) is 71.5 Å². The Morgan fingerprint density at radius 1 is 1.00 bits per heavy atom. The monoisotopic (exact) mass is 360 g/mol. The van der Waals surface area contributed by atoms with Crippen molar-refractivity contribution in [3.63, 3.8) is 0 Å². The van der Waals surface area contributed by atoms with E-state index in [1.54, 1.807) is 12.1 Å². The number of carbonyl (C=O) groups excluding carboxylic acids is 1. The summed E-state index contributed by atoms with van der Waals surface area (Å²) in [6.07, 6.45) is -2.09. The van der Waals surface area contributed by atoms with Gasteiger partial charge in [0.1, 0.15) is 11.5 Å². The van der Waals surface area contributed by atoms with Gasteiger partial charge in [-0.05, 0) is 29.8 Å². The summed E-state index contributed by atoms with van der Waals surface area (Å²) in [6.45, 7) is 0.489. The number of amides is 1. The van der Waals surface area contributed by atoms with Crippen LogP contribution in [0.4, 0.5) is 13.2 Å². The molecule has 1 amide bonds. The summed E-state index contributed by atoms with van der Waals surface area (Å²) in [4.78, 5) is 17.7. The molecule has 1 aromatic carbocycles. The zero-order valence-electron chi connectivity index (χ0n) is 13.6. The summed E-state index contributed by atoms with van der Waals surface area (Å²) >= 11 is 0. The van der Waals surface area contributed by atoms with Crippen LogP contribution in [-0.2, 0) is 19.3 Å². The van der Waals surface area contributed by atoms with Crippen molar-refractivity contribution < 1.29 is 22.4 Å². The van der Waals surface area contributed by atoms with Crippen molar-refractivity contribution >= 4 is 5.91 Å². The predicted molar refractivity (Wildman–Crippen MR) is 88.0 cm³/mol. The van der Waals surface area contributed by atoms with Crippen LogP contribution in [0.3, 0.4) is 0 Å². The Labute approximate surface area is 147 Å². The van der Waals surface area contributed by atoms with E-state index >= 15 is 0 Å². The number of hydrogen-bond acceptors (Lipinski definition) is 3. The van der Waals surface area contributed by atoms with Crippen molar-refractivity contribution in [1.29, 1.82) is 0 Å². The Morgan fingerprint density at radius 3 is 2.35 bits per heavy atom. The lowest BCUT2D eigenvalue weighted by molar-refractivity contribution is -0.141. The highest BCUT2D eigenvalue weighted by Gasteiger charge is 2.32. The maximum Gasteiger partial charge on any atom is 0.433 e. The Hall–Kier alpha value is -3.09. The molecule has 0 atom stereocenters. The zero-order valence-corrected chi connectivity index (χ0v) is 13.6. The van der Waals surface area contributed by atoms with E-state index in [2.05, 4.69) is 4.98 Å². The van der Waals surface area contributed by atoms with Gasteiger partial charge in [-0.25, -0.2) is 0 Å². The molecule has 3 aromatic rings. The average molecular weight is 360 g/mol. The SMILES string of the molecule is O=C(c1ccc(C(F)(F)F)nc1)N(Cc1ccccc1)Cc1ccco1. The number of pyridine rings is 1. The van der Waals surface area contributed by atoms with E-state index < -0.39 is 17.8 Å². The van der Waals surface area contributed by atoms with Crippen molar-refractivity contribution in [2.75, 3.05) is 0 Å². The Kier molecular flexibility index (Phi) is 5.06. The Bertz CT molecular complexity index is 845. The smallest absolute Gasteiger partial charge is 0.433 e. The van der Waals surface area contributed by atoms with E-state index in [1.807, 2.05) is 30.3 Å². The summed E-state index contributed by atoms with van der Waals surface area (Å²) < 4.78 is 43.2. The molecule has 134 valence electrons. The normalized spacial score (nSPS) is 11.3. The standard InChI is InChI=1S/C19H15F3N2O2/c20-19(21,22)17-9-8-15(11-23-17)18(25)24(13-16-7-4-10-26-16)12-14-5-2-1-3-6-14/h1-11H,12-13H2. The summed E-state index contributed by atoms with van der Waals surface area (Å²) in [6, 6.07) is 14.7. The molecule has 4 nitrogen and oxygen atoms in total. The molecule has 0 unspecified atom stereocenters. The molecule has 7 heteroatoms. The molecule has 0 N–H and O–H groups in total. The molecule has 0 saturated heterocycles. The summed E-state index contributed by atoms with van der Waals surface area (Å²) in [7, 11) is 0. The van der Waals surface area contributed by atoms with Gasteiger partial charge in [0.15, 0.2) is 0 Å². The highest BCUT2D eigenvalue weighted by atomic mass is 19.4. The van der Waals surface area contributed by atoms with Gasteiger partial charge >= 0.3 is 6.18 Å². The van der Waals surface area contributed by atoms with Crippen molar-refractivity contribution in [2.24, 2.45) is 0 Å². The maximum absolute atomic E-state index is 12.8. The molecule has 2 aromatic heterocycles. The first-order chi connectivity index (χ1) is 12.4. The molecule has 0 spiro atoms. The summed E-state index contributed by atoms with van der Waals surface area (Å²) in [5.41, 5.74) is -0.0533. The molecule has 26 heavy (non-hydrogen) atoms. The predicted octanol–water partition coefficient (Wildman–Crippen LogP) is 4.54. The second kappa shape index (κ2) is 7.43. The quantitative estimate of drug-likeness (QED) is 0.671. The number of hydrogen-bond donors (Lipinski definition) is 0. The number of nitrogens with zero attached hydrogens (tertiary/aromatic N) is 2. The molecular weight excluding hydrogens is 345 g/mol. The van der Waals surface area contributed by atoms with E-state index in [4.69, 9.17) is 4.42 Å². The van der Waals surface area contributed by atoms with Crippen molar-refractivity contribution in [2.45, 2.75) is 19.3 Å². The number of aromatic nitrogens is 1. The van der Waals surface area contributed by atoms with Gasteiger partial charge in [-0.2, -0.15) is 13.2 Å². The first-order valence-corrected chi connectivity index (χ1v) is 7.82. The van der Waals surface area contributed by atoms with Crippen LogP contribution >= 0.6 is 0 Å². The van der Waals surface area contributed by atoms with Crippen LogP contribution < -0.4 is 0 Å². The van der Waals surface area contributed by atoms with Crippen molar-refractivity contribution in [3.8, 4) is 0 Å². The van der Waals surface area contributed by atoms with Crippen molar-refractivity contribution in [1.82, 2.24) is 9.88 Å². The lowest BCUT2D eigenvalue weighted by atomic mass is 10.1. The van der Waals surface area contributed by atoms with Gasteiger partial charge in [0.25, 0.3) is 5.91 Å². The molecule has 0 fully saturated rings. The maximum atomic E-state index is 12.8. The van der Waals surface area contributed by atoms with Crippen LogP contribution in [0.2, 0.25) is 0 Å². The summed E-state index contributed by atoms with van der Waals surface area (Å²) in [5, 5.41) is 0. The third kappa shape index (κ3) is 4.30. The fourth-order valence-corrected chi connectivity index (χ4v) is 2.46. The van der Waals surface area contributed by atoms with Crippen LogP contribution in [0, 0.1) is 0 Å². The second-order valence-corrected chi connectivity index (χ2v) is 5.66. The fourth-order valence-electron chi connectivity index (χ4n) is 2.46. The van der Waals surface area contributed by atoms with Gasteiger partial charge in [0.05, 0.1) is 18.4 Å². The van der Waals surface area contributed by atoms with Gasteiger partial charge in [0, 0.05) is 12.7 Å². The van der Waals surface area contributed by atoms with Crippen LogP contribution in [0.1, 0.15) is 27.4 Å². The molecule has 0 aliphatic rings. The first-order valence-electron chi connectivity index (χ1n) is 7.82. The van der Waals surface area contributed by atoms with Gasteiger partial charge < -0.3 is 9.32 Å². The molecule has 0 saturated carbocycles. The highest BCUT2D eigenvalue weighted by Crippen LogP contribution is 2.27. The molecule has 0 aliphatic carbocycles. The Balaban J connectivity index is 1.84. The lowest BCUT2D eigenvalue weighted by Crippen LogP contribution is -2.30. The minimum atomic E-state index is -4.54. The number of benzene rings is 1. The van der Waals surface area contributed by atoms with Gasteiger partial charge in [-0.1, -0.05) is 30.3 Å². The number of carbonyl (C=O) groups is 1. The largest absolute Gasteiger partial charge is 0.467 e. The third-order valence-corrected chi connectivity index (χ3v) is 3.73. The number of rotatable bonds is 5. The number of halogens is 3. The van der Waals surface area contributed by atoms with E-state index in [9.17, 15) is 18.0 Å². The minimum Gasteiger partial charge on any atom is -0.467 e. The van der Waals surface area contributed by atoms with E-state index in [0.29, 0.717) is 12.3 Å². The lowest BCUT2D eigenvalue weighted by Gasteiger charge is -2.22. The van der Waals surface area contributed by atoms with E-state index in [1.165, 1.54) is 11.2 Å². The minimum absolute atomic E-state index is 0.0838. The Morgan fingerprint density at radius 2 is 1.77 bits per heavy atom. The van der Waals surface area contributed by atoms with Gasteiger partial charge in [-0.15, -0.1) is 0 Å². The topological polar surface area (TPSA) is 46.3 Å². The molecule has 0 aliphatic heterocycles. The molecule has 0 bridgehead atoms. The first kappa shape index (κ1) is 17.7. The molecular formula is C19H15F3N2O2. The average Bonchev–Trinajstić information content (AvgIpc) is 3.14. The third-order valence-electron chi connectivity index (χ3n) is 3.73.